The molecule has 0 fully saturated rings. The Balaban J connectivity index is 0.00000106. The largest absolute Gasteiger partial charge is 0.490 e. The van der Waals surface area contributed by atoms with Gasteiger partial charge < -0.3 is 20.3 Å². The van der Waals surface area contributed by atoms with Gasteiger partial charge >= 0.3 is 24.2 Å². The van der Waals surface area contributed by atoms with E-state index in [1.165, 1.54) is 11.9 Å². The number of amides is 3. The third-order valence-corrected chi connectivity index (χ3v) is 8.60. The zero-order valence-electron chi connectivity index (χ0n) is 31.2. The smallest absolute Gasteiger partial charge is 0.481 e. The number of fused-ring (bicyclic) bond motifs is 3. The van der Waals surface area contributed by atoms with Crippen molar-refractivity contribution in [3.8, 4) is 11.1 Å². The monoisotopic (exact) mass is 768 g/mol. The van der Waals surface area contributed by atoms with Gasteiger partial charge in [-0.25, -0.2) is 9.59 Å². The van der Waals surface area contributed by atoms with Gasteiger partial charge in [-0.2, -0.15) is 13.2 Å². The Kier molecular flexibility index (Phi) is 16.0. The Morgan fingerprint density at radius 1 is 0.873 bits per heavy atom. The Bertz CT molecular complexity index is 1770. The van der Waals surface area contributed by atoms with Crippen LogP contribution in [-0.4, -0.2) is 75.4 Å². The van der Waals surface area contributed by atoms with Crippen LogP contribution in [0.15, 0.2) is 79.1 Å². The summed E-state index contributed by atoms with van der Waals surface area (Å²) in [6, 6.07) is 18.6. The highest BCUT2D eigenvalue weighted by Gasteiger charge is 2.38. The molecular formula is C40H47F3N4O8. The van der Waals surface area contributed by atoms with Crippen molar-refractivity contribution < 1.29 is 52.1 Å². The molecule has 3 amide bonds. The summed E-state index contributed by atoms with van der Waals surface area (Å²) in [6.45, 7) is 9.41. The van der Waals surface area contributed by atoms with Crippen molar-refractivity contribution in [2.75, 3.05) is 13.2 Å². The highest BCUT2D eigenvalue weighted by Crippen LogP contribution is 2.44. The second-order valence-electron chi connectivity index (χ2n) is 13.9. The molecule has 0 bridgehead atoms. The van der Waals surface area contributed by atoms with Crippen LogP contribution >= 0.6 is 0 Å². The lowest BCUT2D eigenvalue weighted by Gasteiger charge is -2.31. The molecule has 0 saturated heterocycles. The molecule has 1 aliphatic rings. The first-order valence-corrected chi connectivity index (χ1v) is 17.7. The van der Waals surface area contributed by atoms with Crippen molar-refractivity contribution in [2.24, 2.45) is 23.7 Å². The zero-order valence-corrected chi connectivity index (χ0v) is 31.2. The number of aromatic nitrogens is 1. The molecule has 4 rings (SSSR count). The van der Waals surface area contributed by atoms with E-state index in [2.05, 4.69) is 27.9 Å². The lowest BCUT2D eigenvalue weighted by atomic mass is 9.82. The van der Waals surface area contributed by atoms with Gasteiger partial charge in [0.25, 0.3) is 5.91 Å². The number of halogens is 3. The molecule has 0 aliphatic heterocycles. The molecule has 0 radical (unpaired) electrons. The molecule has 55 heavy (non-hydrogen) atoms. The molecule has 1 aliphatic carbocycles. The van der Waals surface area contributed by atoms with E-state index in [0.29, 0.717) is 6.42 Å². The quantitative estimate of drug-likeness (QED) is 0.127. The number of carbonyl (C=O) groups is 5. The summed E-state index contributed by atoms with van der Waals surface area (Å²) in [5, 5.41) is 21.1. The summed E-state index contributed by atoms with van der Waals surface area (Å²) in [4.78, 5) is 65.7. The van der Waals surface area contributed by atoms with E-state index in [9.17, 15) is 37.5 Å². The predicted molar refractivity (Wildman–Crippen MR) is 198 cm³/mol. The molecule has 15 heteroatoms. The third-order valence-electron chi connectivity index (χ3n) is 8.60. The molecule has 4 N–H and O–H groups in total. The number of carbonyl (C=O) groups excluding carboxylic acids is 3. The molecule has 3 atom stereocenters. The summed E-state index contributed by atoms with van der Waals surface area (Å²) >= 11 is 0. The molecule has 2 aromatic carbocycles. The number of hydrazine groups is 1. The van der Waals surface area contributed by atoms with Gasteiger partial charge in [0.05, 0.1) is 11.8 Å². The first-order valence-electron chi connectivity index (χ1n) is 17.7. The maximum absolute atomic E-state index is 13.7. The number of rotatable bonds is 14. The SMILES string of the molecule is CC(C)C[C@@H](C(=O)NN(CC(C)C)C(=O)[C@@H](C)NC(=O)OCC1c2ccccc2-c2ccccc21)[C@H](CC=Cc1cccnc1)C(=O)O.O=C(O)C(F)(F)F. The van der Waals surface area contributed by atoms with E-state index < -0.39 is 53.9 Å². The number of alkyl halides is 3. The maximum Gasteiger partial charge on any atom is 0.490 e. The maximum atomic E-state index is 13.7. The number of aliphatic carboxylic acids is 2. The number of allylic oxidation sites excluding steroid dienone is 1. The average molecular weight is 769 g/mol. The van der Waals surface area contributed by atoms with Crippen LogP contribution in [0.3, 0.4) is 0 Å². The van der Waals surface area contributed by atoms with Gasteiger partial charge in [0.2, 0.25) is 5.91 Å². The Hall–Kier alpha value is -5.73. The minimum atomic E-state index is -5.08. The minimum Gasteiger partial charge on any atom is -0.481 e. The standard InChI is InChI=1S/C38H46N4O6.C2HF3O2/c1-24(2)20-33(32(37(45)46)18-10-12-27-13-11-19-39-21-27)35(43)41-42(22-25(3)4)36(44)26(5)40-38(47)48-23-34-30-16-8-6-14-28(30)29-15-7-9-17-31(29)34;3-2(4,5)1(6)7/h6-17,19,21,24-26,32-34H,18,20,22-23H2,1-5H3,(H,40,47)(H,41,43)(H,45,46);(H,6,7)/t26-,32+,33-;/m1./s1. The summed E-state index contributed by atoms with van der Waals surface area (Å²) in [5.74, 6) is -7.03. The van der Waals surface area contributed by atoms with E-state index >= 15 is 0 Å². The first-order chi connectivity index (χ1) is 25.9. The van der Waals surface area contributed by atoms with Crippen molar-refractivity contribution in [1.29, 1.82) is 0 Å². The van der Waals surface area contributed by atoms with E-state index in [4.69, 9.17) is 14.6 Å². The molecule has 3 aromatic rings. The van der Waals surface area contributed by atoms with Crippen LogP contribution in [0.1, 0.15) is 70.1 Å². The fraction of sp³-hybridized carbons (Fsp3) is 0.400. The van der Waals surface area contributed by atoms with Crippen molar-refractivity contribution in [3.63, 3.8) is 0 Å². The topological polar surface area (TPSA) is 175 Å². The Morgan fingerprint density at radius 2 is 1.45 bits per heavy atom. The van der Waals surface area contributed by atoms with Crippen molar-refractivity contribution in [2.45, 2.75) is 65.6 Å². The van der Waals surface area contributed by atoms with Crippen LogP contribution in [-0.2, 0) is 23.9 Å². The van der Waals surface area contributed by atoms with Crippen LogP contribution in [0.5, 0.6) is 0 Å². The summed E-state index contributed by atoms with van der Waals surface area (Å²) < 4.78 is 37.4. The highest BCUT2D eigenvalue weighted by atomic mass is 19.4. The Labute approximate surface area is 317 Å². The van der Waals surface area contributed by atoms with Gasteiger partial charge in [0.15, 0.2) is 0 Å². The van der Waals surface area contributed by atoms with Crippen LogP contribution < -0.4 is 10.7 Å². The summed E-state index contributed by atoms with van der Waals surface area (Å²) in [7, 11) is 0. The number of nitrogens with zero attached hydrogens (tertiary/aromatic N) is 2. The minimum absolute atomic E-state index is 0.0216. The molecule has 296 valence electrons. The number of carboxylic acid groups (broad SMARTS) is 2. The number of ether oxygens (including phenoxy) is 1. The van der Waals surface area contributed by atoms with Gasteiger partial charge in [-0.3, -0.25) is 29.8 Å². The highest BCUT2D eigenvalue weighted by molar-refractivity contribution is 5.90. The molecule has 1 heterocycles. The van der Waals surface area contributed by atoms with Crippen LogP contribution in [0.25, 0.3) is 17.2 Å². The molecule has 0 spiro atoms. The van der Waals surface area contributed by atoms with Crippen molar-refractivity contribution >= 4 is 35.9 Å². The van der Waals surface area contributed by atoms with Gasteiger partial charge in [-0.15, -0.1) is 0 Å². The lowest BCUT2D eigenvalue weighted by Crippen LogP contribution is -2.56. The zero-order chi connectivity index (χ0) is 40.9. The fourth-order valence-corrected chi connectivity index (χ4v) is 6.11. The number of alkyl carbamates (subject to hydrolysis) is 1. The summed E-state index contributed by atoms with van der Waals surface area (Å²) in [5.41, 5.74) is 7.89. The van der Waals surface area contributed by atoms with Crippen LogP contribution in [0.4, 0.5) is 18.0 Å². The molecule has 0 unspecified atom stereocenters. The van der Waals surface area contributed by atoms with Gasteiger partial charge in [-0.1, -0.05) is 94.4 Å². The van der Waals surface area contributed by atoms with Crippen LogP contribution in [0, 0.1) is 23.7 Å². The third kappa shape index (κ3) is 13.0. The molecule has 0 saturated carbocycles. The van der Waals surface area contributed by atoms with Crippen molar-refractivity contribution in [3.05, 3.63) is 95.8 Å². The first kappa shape index (κ1) is 43.7. The van der Waals surface area contributed by atoms with E-state index in [0.717, 1.165) is 27.8 Å². The molecule has 12 nitrogen and oxygen atoms in total. The second-order valence-corrected chi connectivity index (χ2v) is 13.9. The van der Waals surface area contributed by atoms with Crippen molar-refractivity contribution in [1.82, 2.24) is 20.7 Å². The fourth-order valence-electron chi connectivity index (χ4n) is 6.11. The Morgan fingerprint density at radius 3 is 1.95 bits per heavy atom. The second kappa shape index (κ2) is 20.1. The number of pyridine rings is 1. The number of hydrogen-bond acceptors (Lipinski definition) is 7. The van der Waals surface area contributed by atoms with Gasteiger partial charge in [0.1, 0.15) is 12.6 Å². The molecule has 1 aromatic heterocycles. The number of nitrogens with one attached hydrogen (secondary N) is 2. The van der Waals surface area contributed by atoms with E-state index in [1.807, 2.05) is 70.2 Å². The number of hydrogen-bond donors (Lipinski definition) is 4. The lowest BCUT2D eigenvalue weighted by molar-refractivity contribution is -0.192. The number of carboxylic acids is 2. The van der Waals surface area contributed by atoms with E-state index in [1.54, 1.807) is 30.6 Å². The molecular weight excluding hydrogens is 721 g/mol. The summed E-state index contributed by atoms with van der Waals surface area (Å²) in [6.07, 6.45) is 1.41. The van der Waals surface area contributed by atoms with Gasteiger partial charge in [-0.05, 0) is 65.5 Å². The predicted octanol–water partition coefficient (Wildman–Crippen LogP) is 6.92. The normalized spacial score (nSPS) is 13.9. The average Bonchev–Trinajstić information content (AvgIpc) is 3.44. The number of benzene rings is 2. The van der Waals surface area contributed by atoms with E-state index in [-0.39, 0.29) is 37.3 Å². The van der Waals surface area contributed by atoms with Crippen LogP contribution in [0.2, 0.25) is 0 Å². The van der Waals surface area contributed by atoms with Gasteiger partial charge in [0, 0.05) is 24.9 Å².